The first-order chi connectivity index (χ1) is 12.0. The molecule has 0 saturated heterocycles. The first kappa shape index (κ1) is 16.7. The Kier molecular flexibility index (Phi) is 4.79. The summed E-state index contributed by atoms with van der Waals surface area (Å²) in [5.74, 6) is 0.234. The Morgan fingerprint density at radius 3 is 2.84 bits per heavy atom. The van der Waals surface area contributed by atoms with Gasteiger partial charge in [-0.15, -0.1) is 0 Å². The second-order valence-electron chi connectivity index (χ2n) is 5.85. The van der Waals surface area contributed by atoms with Gasteiger partial charge in [-0.3, -0.25) is 9.78 Å². The fourth-order valence-electron chi connectivity index (χ4n) is 2.46. The predicted octanol–water partition coefficient (Wildman–Crippen LogP) is 2.91. The van der Waals surface area contributed by atoms with Crippen LogP contribution in [0, 0.1) is 0 Å². The lowest BCUT2D eigenvalue weighted by atomic mass is 10.1. The van der Waals surface area contributed by atoms with Gasteiger partial charge in [0.05, 0.1) is 11.7 Å². The highest BCUT2D eigenvalue weighted by atomic mass is 16.5. The lowest BCUT2D eigenvalue weighted by Gasteiger charge is -2.11. The molecule has 0 bridgehead atoms. The molecule has 2 heterocycles. The molecule has 0 aliphatic heterocycles. The monoisotopic (exact) mass is 338 g/mol. The van der Waals surface area contributed by atoms with Crippen molar-refractivity contribution in [3.8, 4) is 5.75 Å². The van der Waals surface area contributed by atoms with Crippen molar-refractivity contribution >= 4 is 16.9 Å². The van der Waals surface area contributed by atoms with Gasteiger partial charge in [0.25, 0.3) is 5.91 Å². The Hall–Kier alpha value is -3.15. The summed E-state index contributed by atoms with van der Waals surface area (Å²) in [6.45, 7) is 4.13. The number of carbonyl (C=O) groups excluding carboxylic acids is 1. The molecule has 25 heavy (non-hydrogen) atoms. The molecule has 128 valence electrons. The van der Waals surface area contributed by atoms with Crippen molar-refractivity contribution in [3.63, 3.8) is 0 Å². The number of pyridine rings is 1. The van der Waals surface area contributed by atoms with E-state index in [1.807, 2.05) is 19.9 Å². The van der Waals surface area contributed by atoms with Crippen LogP contribution in [0.25, 0.3) is 11.0 Å². The maximum atomic E-state index is 12.5. The van der Waals surface area contributed by atoms with E-state index in [-0.39, 0.29) is 17.6 Å². The van der Waals surface area contributed by atoms with Crippen molar-refractivity contribution < 1.29 is 13.9 Å². The van der Waals surface area contributed by atoms with Crippen LogP contribution in [0.15, 0.2) is 58.0 Å². The van der Waals surface area contributed by atoms with Crippen LogP contribution in [-0.2, 0) is 6.54 Å². The Morgan fingerprint density at radius 1 is 1.28 bits per heavy atom. The number of hydrogen-bond donors (Lipinski definition) is 1. The van der Waals surface area contributed by atoms with Gasteiger partial charge < -0.3 is 14.5 Å². The molecule has 0 spiro atoms. The predicted molar refractivity (Wildman–Crippen MR) is 93.7 cm³/mol. The number of benzene rings is 1. The second kappa shape index (κ2) is 7.17. The summed E-state index contributed by atoms with van der Waals surface area (Å²) in [4.78, 5) is 28.3. The standard InChI is InChI=1S/C19H18N2O4/c1-12(2)24-14-5-6-15-16(9-18(22)25-17(15)8-14)19(23)21-11-13-4-3-7-20-10-13/h3-10,12H,11H2,1-2H3,(H,21,23). The maximum absolute atomic E-state index is 12.5. The summed E-state index contributed by atoms with van der Waals surface area (Å²) >= 11 is 0. The zero-order chi connectivity index (χ0) is 17.8. The molecule has 1 aromatic carbocycles. The van der Waals surface area contributed by atoms with E-state index in [4.69, 9.17) is 9.15 Å². The Morgan fingerprint density at radius 2 is 2.12 bits per heavy atom. The third-order valence-corrected chi connectivity index (χ3v) is 3.51. The minimum absolute atomic E-state index is 0.00450. The third-order valence-electron chi connectivity index (χ3n) is 3.51. The molecule has 0 atom stereocenters. The van der Waals surface area contributed by atoms with Gasteiger partial charge in [-0.1, -0.05) is 6.07 Å². The third kappa shape index (κ3) is 4.03. The van der Waals surface area contributed by atoms with Gasteiger partial charge >= 0.3 is 5.63 Å². The largest absolute Gasteiger partial charge is 0.491 e. The molecule has 0 unspecified atom stereocenters. The van der Waals surface area contributed by atoms with Crippen LogP contribution in [0.1, 0.15) is 29.8 Å². The van der Waals surface area contributed by atoms with E-state index in [9.17, 15) is 9.59 Å². The number of nitrogens with one attached hydrogen (secondary N) is 1. The number of carbonyl (C=O) groups is 1. The molecule has 6 heteroatoms. The summed E-state index contributed by atoms with van der Waals surface area (Å²) < 4.78 is 10.8. The van der Waals surface area contributed by atoms with Crippen molar-refractivity contribution in [2.75, 3.05) is 0 Å². The van der Waals surface area contributed by atoms with Gasteiger partial charge in [-0.25, -0.2) is 4.79 Å². The van der Waals surface area contributed by atoms with Crippen molar-refractivity contribution in [2.24, 2.45) is 0 Å². The number of aromatic nitrogens is 1. The molecule has 0 fully saturated rings. The van der Waals surface area contributed by atoms with Crippen molar-refractivity contribution in [1.82, 2.24) is 10.3 Å². The van der Waals surface area contributed by atoms with E-state index in [1.165, 1.54) is 6.07 Å². The lowest BCUT2D eigenvalue weighted by molar-refractivity contribution is 0.0952. The Balaban J connectivity index is 1.89. The molecule has 3 rings (SSSR count). The number of fused-ring (bicyclic) bond motifs is 1. The number of hydrogen-bond acceptors (Lipinski definition) is 5. The average molecular weight is 338 g/mol. The van der Waals surface area contributed by atoms with Gasteiger partial charge in [-0.05, 0) is 37.6 Å². The van der Waals surface area contributed by atoms with E-state index in [1.54, 1.807) is 36.7 Å². The molecular formula is C19H18N2O4. The van der Waals surface area contributed by atoms with Gasteiger partial charge in [0, 0.05) is 36.5 Å². The summed E-state index contributed by atoms with van der Waals surface area (Å²) in [5, 5.41) is 3.35. The summed E-state index contributed by atoms with van der Waals surface area (Å²) in [7, 11) is 0. The minimum atomic E-state index is -0.583. The molecular weight excluding hydrogens is 320 g/mol. The molecule has 1 amide bonds. The maximum Gasteiger partial charge on any atom is 0.337 e. The summed E-state index contributed by atoms with van der Waals surface area (Å²) in [6, 6.07) is 9.94. The van der Waals surface area contributed by atoms with Crippen LogP contribution in [-0.4, -0.2) is 17.0 Å². The molecule has 2 aromatic heterocycles. The van der Waals surface area contributed by atoms with E-state index < -0.39 is 5.63 Å². The van der Waals surface area contributed by atoms with Crippen molar-refractivity contribution in [1.29, 1.82) is 0 Å². The van der Waals surface area contributed by atoms with Gasteiger partial charge in [-0.2, -0.15) is 0 Å². The topological polar surface area (TPSA) is 81.4 Å². The van der Waals surface area contributed by atoms with Crippen LogP contribution in [0.2, 0.25) is 0 Å². The Bertz CT molecular complexity index is 949. The van der Waals surface area contributed by atoms with Gasteiger partial charge in [0.15, 0.2) is 0 Å². The Labute approximate surface area is 144 Å². The fourth-order valence-corrected chi connectivity index (χ4v) is 2.46. The normalized spacial score (nSPS) is 10.8. The highest BCUT2D eigenvalue weighted by Gasteiger charge is 2.14. The number of amides is 1. The molecule has 3 aromatic rings. The molecule has 0 aliphatic rings. The first-order valence-corrected chi connectivity index (χ1v) is 7.94. The zero-order valence-corrected chi connectivity index (χ0v) is 14.0. The van der Waals surface area contributed by atoms with E-state index in [2.05, 4.69) is 10.3 Å². The quantitative estimate of drug-likeness (QED) is 0.724. The van der Waals surface area contributed by atoms with E-state index in [0.29, 0.717) is 23.3 Å². The van der Waals surface area contributed by atoms with Crippen LogP contribution in [0.3, 0.4) is 0 Å². The zero-order valence-electron chi connectivity index (χ0n) is 14.0. The molecule has 6 nitrogen and oxygen atoms in total. The molecule has 0 radical (unpaired) electrons. The van der Waals surface area contributed by atoms with Crippen LogP contribution in [0.5, 0.6) is 5.75 Å². The minimum Gasteiger partial charge on any atom is -0.491 e. The first-order valence-electron chi connectivity index (χ1n) is 7.94. The van der Waals surface area contributed by atoms with Crippen molar-refractivity contribution in [3.05, 3.63) is 70.3 Å². The van der Waals surface area contributed by atoms with Gasteiger partial charge in [0.2, 0.25) is 0 Å². The van der Waals surface area contributed by atoms with Crippen molar-refractivity contribution in [2.45, 2.75) is 26.5 Å². The molecule has 0 aliphatic carbocycles. The van der Waals surface area contributed by atoms with Gasteiger partial charge in [0.1, 0.15) is 11.3 Å². The summed E-state index contributed by atoms with van der Waals surface area (Å²) in [5.41, 5.74) is 0.875. The van der Waals surface area contributed by atoms with Crippen LogP contribution < -0.4 is 15.7 Å². The molecule has 0 saturated carbocycles. The van der Waals surface area contributed by atoms with E-state index in [0.717, 1.165) is 5.56 Å². The second-order valence-corrected chi connectivity index (χ2v) is 5.85. The fraction of sp³-hybridized carbons (Fsp3) is 0.211. The average Bonchev–Trinajstić information content (AvgIpc) is 2.59. The summed E-state index contributed by atoms with van der Waals surface area (Å²) in [6.07, 6.45) is 3.33. The van der Waals surface area contributed by atoms with Crippen LogP contribution >= 0.6 is 0 Å². The number of rotatable bonds is 5. The number of ether oxygens (including phenoxy) is 1. The highest BCUT2D eigenvalue weighted by Crippen LogP contribution is 2.23. The smallest absolute Gasteiger partial charge is 0.337 e. The number of nitrogens with zero attached hydrogens (tertiary/aromatic N) is 1. The lowest BCUT2D eigenvalue weighted by Crippen LogP contribution is -2.24. The molecule has 1 N–H and O–H groups in total. The van der Waals surface area contributed by atoms with E-state index >= 15 is 0 Å². The van der Waals surface area contributed by atoms with Crippen LogP contribution in [0.4, 0.5) is 0 Å². The highest BCUT2D eigenvalue weighted by molar-refractivity contribution is 6.05. The SMILES string of the molecule is CC(C)Oc1ccc2c(C(=O)NCc3cccnc3)cc(=O)oc2c1.